The Morgan fingerprint density at radius 2 is 2.11 bits per heavy atom. The van der Waals surface area contributed by atoms with Crippen LogP contribution in [0.1, 0.15) is 52.4 Å². The molecule has 0 bridgehead atoms. The first kappa shape index (κ1) is 16.4. The van der Waals surface area contributed by atoms with Gasteiger partial charge in [-0.2, -0.15) is 0 Å². The third-order valence-corrected chi connectivity index (χ3v) is 4.02. The minimum atomic E-state index is -0.179. The first-order valence-electron chi connectivity index (χ1n) is 7.82. The molecule has 0 spiro atoms. The summed E-state index contributed by atoms with van der Waals surface area (Å²) in [4.78, 5) is 12.3. The second kappa shape index (κ2) is 9.32. The molecule has 0 aromatic carbocycles. The Hall–Kier alpha value is -0.610. The zero-order valence-electron chi connectivity index (χ0n) is 12.6. The van der Waals surface area contributed by atoms with E-state index in [-0.39, 0.29) is 11.3 Å². The summed E-state index contributed by atoms with van der Waals surface area (Å²) in [5.74, 6) is 0.218. The van der Waals surface area contributed by atoms with Gasteiger partial charge in [0.25, 0.3) is 0 Å². The van der Waals surface area contributed by atoms with Crippen LogP contribution in [0.2, 0.25) is 0 Å². The van der Waals surface area contributed by atoms with E-state index in [9.17, 15) is 4.79 Å². The van der Waals surface area contributed by atoms with Gasteiger partial charge in [-0.1, -0.05) is 20.3 Å². The highest BCUT2D eigenvalue weighted by Crippen LogP contribution is 2.30. The second-order valence-electron chi connectivity index (χ2n) is 5.49. The van der Waals surface area contributed by atoms with Crippen molar-refractivity contribution in [1.29, 1.82) is 0 Å². The Balaban J connectivity index is 2.15. The number of hydrogen-bond donors (Lipinski definition) is 2. The van der Waals surface area contributed by atoms with Gasteiger partial charge in [-0.3, -0.25) is 4.79 Å². The van der Waals surface area contributed by atoms with Crippen molar-refractivity contribution in [2.75, 3.05) is 32.8 Å². The van der Waals surface area contributed by atoms with Crippen molar-refractivity contribution in [3.63, 3.8) is 0 Å². The molecule has 1 aliphatic heterocycles. The molecule has 0 aliphatic carbocycles. The van der Waals surface area contributed by atoms with Crippen LogP contribution in [-0.2, 0) is 9.53 Å². The van der Waals surface area contributed by atoms with Crippen molar-refractivity contribution >= 4 is 5.91 Å². The molecule has 19 heavy (non-hydrogen) atoms. The van der Waals surface area contributed by atoms with Crippen molar-refractivity contribution in [3.8, 4) is 0 Å². The maximum atomic E-state index is 12.3. The SMILES string of the molecule is CCCCOCCCNC(=O)C1(CC)CCCNC1. The van der Waals surface area contributed by atoms with E-state index in [0.717, 1.165) is 65.0 Å². The Bertz CT molecular complexity index is 251. The number of carbonyl (C=O) groups excluding carboxylic acids is 1. The average molecular weight is 270 g/mol. The molecular formula is C15H30N2O2. The monoisotopic (exact) mass is 270 g/mol. The van der Waals surface area contributed by atoms with Crippen LogP contribution >= 0.6 is 0 Å². The minimum absolute atomic E-state index is 0.179. The number of piperidine rings is 1. The topological polar surface area (TPSA) is 50.4 Å². The summed E-state index contributed by atoms with van der Waals surface area (Å²) in [5.41, 5.74) is -0.179. The Labute approximate surface area is 117 Å². The van der Waals surface area contributed by atoms with E-state index in [0.29, 0.717) is 0 Å². The zero-order chi connectivity index (χ0) is 14.0. The van der Waals surface area contributed by atoms with E-state index < -0.39 is 0 Å². The number of amides is 1. The molecule has 4 heteroatoms. The maximum absolute atomic E-state index is 12.3. The first-order chi connectivity index (χ1) is 9.25. The lowest BCUT2D eigenvalue weighted by Gasteiger charge is -2.35. The zero-order valence-corrected chi connectivity index (χ0v) is 12.6. The van der Waals surface area contributed by atoms with Crippen molar-refractivity contribution in [2.45, 2.75) is 52.4 Å². The molecule has 1 heterocycles. The van der Waals surface area contributed by atoms with Crippen LogP contribution in [0.15, 0.2) is 0 Å². The normalized spacial score (nSPS) is 23.3. The molecule has 1 saturated heterocycles. The van der Waals surface area contributed by atoms with Gasteiger partial charge in [-0.15, -0.1) is 0 Å². The molecule has 0 aromatic heterocycles. The molecule has 112 valence electrons. The first-order valence-corrected chi connectivity index (χ1v) is 7.82. The van der Waals surface area contributed by atoms with Crippen LogP contribution in [0.25, 0.3) is 0 Å². The van der Waals surface area contributed by atoms with Gasteiger partial charge in [0.2, 0.25) is 5.91 Å². The van der Waals surface area contributed by atoms with Gasteiger partial charge in [0, 0.05) is 26.3 Å². The predicted octanol–water partition coefficient (Wildman–Crippen LogP) is 2.09. The highest BCUT2D eigenvalue weighted by molar-refractivity contribution is 5.82. The summed E-state index contributed by atoms with van der Waals surface area (Å²) in [6.07, 6.45) is 6.22. The second-order valence-corrected chi connectivity index (χ2v) is 5.49. The number of unbranched alkanes of at least 4 members (excludes halogenated alkanes) is 1. The molecule has 1 unspecified atom stereocenters. The molecule has 0 radical (unpaired) electrons. The number of hydrogen-bond acceptors (Lipinski definition) is 3. The molecule has 1 rings (SSSR count). The third-order valence-electron chi connectivity index (χ3n) is 4.02. The van der Waals surface area contributed by atoms with E-state index in [1.54, 1.807) is 0 Å². The molecule has 1 fully saturated rings. The summed E-state index contributed by atoms with van der Waals surface area (Å²) in [6, 6.07) is 0. The third kappa shape index (κ3) is 5.49. The molecular weight excluding hydrogens is 240 g/mol. The molecule has 0 saturated carbocycles. The van der Waals surface area contributed by atoms with Crippen LogP contribution in [0.3, 0.4) is 0 Å². The lowest BCUT2D eigenvalue weighted by atomic mass is 9.77. The van der Waals surface area contributed by atoms with Crippen molar-refractivity contribution < 1.29 is 9.53 Å². The summed E-state index contributed by atoms with van der Waals surface area (Å²) in [6.45, 7) is 8.45. The van der Waals surface area contributed by atoms with Crippen molar-refractivity contribution in [2.24, 2.45) is 5.41 Å². The quantitative estimate of drug-likeness (QED) is 0.631. The molecule has 1 atom stereocenters. The molecule has 1 amide bonds. The lowest BCUT2D eigenvalue weighted by Crippen LogP contribution is -2.50. The average Bonchev–Trinajstić information content (AvgIpc) is 2.46. The highest BCUT2D eigenvalue weighted by atomic mass is 16.5. The standard InChI is InChI=1S/C15H30N2O2/c1-3-5-11-19-12-7-10-17-14(18)15(4-2)8-6-9-16-13-15/h16H,3-13H2,1-2H3,(H,17,18). The fourth-order valence-corrected chi connectivity index (χ4v) is 2.54. The lowest BCUT2D eigenvalue weighted by molar-refractivity contribution is -0.132. The minimum Gasteiger partial charge on any atom is -0.381 e. The predicted molar refractivity (Wildman–Crippen MR) is 78.2 cm³/mol. The largest absolute Gasteiger partial charge is 0.381 e. The van der Waals surface area contributed by atoms with Gasteiger partial charge in [0.15, 0.2) is 0 Å². The molecule has 4 nitrogen and oxygen atoms in total. The fraction of sp³-hybridized carbons (Fsp3) is 0.933. The van der Waals surface area contributed by atoms with Gasteiger partial charge in [-0.05, 0) is 38.6 Å². The summed E-state index contributed by atoms with van der Waals surface area (Å²) in [5, 5.41) is 6.42. The van der Waals surface area contributed by atoms with Crippen molar-refractivity contribution in [1.82, 2.24) is 10.6 Å². The molecule has 2 N–H and O–H groups in total. The van der Waals surface area contributed by atoms with Gasteiger partial charge >= 0.3 is 0 Å². The number of carbonyl (C=O) groups is 1. The van der Waals surface area contributed by atoms with Crippen LogP contribution < -0.4 is 10.6 Å². The van der Waals surface area contributed by atoms with E-state index in [2.05, 4.69) is 24.5 Å². The fourth-order valence-electron chi connectivity index (χ4n) is 2.54. The van der Waals surface area contributed by atoms with Crippen LogP contribution in [-0.4, -0.2) is 38.8 Å². The molecule has 0 aromatic rings. The highest BCUT2D eigenvalue weighted by Gasteiger charge is 2.37. The van der Waals surface area contributed by atoms with Crippen LogP contribution in [0, 0.1) is 5.41 Å². The van der Waals surface area contributed by atoms with Crippen molar-refractivity contribution in [3.05, 3.63) is 0 Å². The van der Waals surface area contributed by atoms with E-state index >= 15 is 0 Å². The van der Waals surface area contributed by atoms with Crippen LogP contribution in [0.4, 0.5) is 0 Å². The number of rotatable bonds is 9. The number of ether oxygens (including phenoxy) is 1. The summed E-state index contributed by atoms with van der Waals surface area (Å²) < 4.78 is 5.49. The van der Waals surface area contributed by atoms with E-state index in [1.807, 2.05) is 0 Å². The summed E-state index contributed by atoms with van der Waals surface area (Å²) >= 11 is 0. The Kier molecular flexibility index (Phi) is 8.07. The number of nitrogens with one attached hydrogen (secondary N) is 2. The Morgan fingerprint density at radius 1 is 1.32 bits per heavy atom. The van der Waals surface area contributed by atoms with E-state index in [4.69, 9.17) is 4.74 Å². The van der Waals surface area contributed by atoms with Crippen LogP contribution in [0.5, 0.6) is 0 Å². The van der Waals surface area contributed by atoms with Gasteiger partial charge in [0.05, 0.1) is 5.41 Å². The smallest absolute Gasteiger partial charge is 0.227 e. The van der Waals surface area contributed by atoms with Gasteiger partial charge in [-0.25, -0.2) is 0 Å². The van der Waals surface area contributed by atoms with Gasteiger partial charge < -0.3 is 15.4 Å². The summed E-state index contributed by atoms with van der Waals surface area (Å²) in [7, 11) is 0. The molecule has 1 aliphatic rings. The Morgan fingerprint density at radius 3 is 2.74 bits per heavy atom. The maximum Gasteiger partial charge on any atom is 0.227 e. The van der Waals surface area contributed by atoms with E-state index in [1.165, 1.54) is 6.42 Å². The van der Waals surface area contributed by atoms with Gasteiger partial charge in [0.1, 0.15) is 0 Å².